The van der Waals surface area contributed by atoms with Crippen molar-refractivity contribution in [1.29, 1.82) is 0 Å². The van der Waals surface area contributed by atoms with Crippen LogP contribution in [-0.2, 0) is 0 Å². The molecule has 2 unspecified atom stereocenters. The topological polar surface area (TPSA) is 15.3 Å². The first-order valence-electron chi connectivity index (χ1n) is 7.17. The predicted molar refractivity (Wildman–Crippen MR) is 76.4 cm³/mol. The van der Waals surface area contributed by atoms with Crippen molar-refractivity contribution in [2.24, 2.45) is 0 Å². The van der Waals surface area contributed by atoms with Gasteiger partial charge in [0.25, 0.3) is 0 Å². The summed E-state index contributed by atoms with van der Waals surface area (Å²) < 4.78 is 0. The van der Waals surface area contributed by atoms with E-state index in [0.29, 0.717) is 6.04 Å². The van der Waals surface area contributed by atoms with Gasteiger partial charge in [-0.25, -0.2) is 0 Å². The summed E-state index contributed by atoms with van der Waals surface area (Å²) in [5, 5.41) is 3.53. The van der Waals surface area contributed by atoms with E-state index in [-0.39, 0.29) is 5.54 Å². The number of rotatable bonds is 7. The van der Waals surface area contributed by atoms with Gasteiger partial charge in [-0.3, -0.25) is 4.90 Å². The highest BCUT2D eigenvalue weighted by Gasteiger charge is 2.38. The lowest BCUT2D eigenvalue weighted by Crippen LogP contribution is -2.57. The van der Waals surface area contributed by atoms with Crippen molar-refractivity contribution in [3.8, 4) is 0 Å². The van der Waals surface area contributed by atoms with Crippen molar-refractivity contribution < 1.29 is 0 Å². The van der Waals surface area contributed by atoms with Gasteiger partial charge in [-0.05, 0) is 59.2 Å². The molecule has 0 spiro atoms. The number of nitrogens with zero attached hydrogens (tertiary/aromatic N) is 1. The third-order valence-corrected chi connectivity index (χ3v) is 4.64. The number of likely N-dealkylation sites (tertiary alicyclic amines) is 1. The van der Waals surface area contributed by atoms with Gasteiger partial charge in [0.15, 0.2) is 0 Å². The van der Waals surface area contributed by atoms with Gasteiger partial charge >= 0.3 is 0 Å². The second kappa shape index (κ2) is 6.55. The van der Waals surface area contributed by atoms with Crippen LogP contribution in [0.2, 0.25) is 0 Å². The lowest BCUT2D eigenvalue weighted by atomic mass is 9.83. The highest BCUT2D eigenvalue weighted by Crippen LogP contribution is 2.30. The molecule has 0 saturated carbocycles. The van der Waals surface area contributed by atoms with Crippen molar-refractivity contribution >= 4 is 0 Å². The fourth-order valence-corrected chi connectivity index (χ4v) is 2.98. The molecule has 1 fully saturated rings. The monoisotopic (exact) mass is 238 g/mol. The van der Waals surface area contributed by atoms with Crippen LogP contribution in [0.1, 0.15) is 52.9 Å². The summed E-state index contributed by atoms with van der Waals surface area (Å²) in [5.74, 6) is 0. The zero-order valence-electron chi connectivity index (χ0n) is 12.2. The van der Waals surface area contributed by atoms with Gasteiger partial charge in [0, 0.05) is 11.6 Å². The highest BCUT2D eigenvalue weighted by atomic mass is 15.2. The second-order valence-corrected chi connectivity index (χ2v) is 5.55. The lowest BCUT2D eigenvalue weighted by Gasteiger charge is -2.45. The molecule has 1 aliphatic heterocycles. The molecule has 0 aromatic carbocycles. The molecule has 0 amide bonds. The average Bonchev–Trinajstić information content (AvgIpc) is 2.88. The minimum absolute atomic E-state index is 0.281. The minimum atomic E-state index is 0.281. The minimum Gasteiger partial charge on any atom is -0.315 e. The van der Waals surface area contributed by atoms with Crippen molar-refractivity contribution in [3.05, 3.63) is 12.2 Å². The number of likely N-dealkylation sites (N-methyl/N-ethyl adjacent to an activating group) is 1. The number of nitrogens with one attached hydrogen (secondary N) is 1. The van der Waals surface area contributed by atoms with Gasteiger partial charge in [0.05, 0.1) is 0 Å². The molecule has 1 N–H and O–H groups in total. The van der Waals surface area contributed by atoms with Crippen molar-refractivity contribution in [1.82, 2.24) is 10.2 Å². The molecule has 2 heteroatoms. The molecule has 0 bridgehead atoms. The van der Waals surface area contributed by atoms with Gasteiger partial charge in [-0.1, -0.05) is 26.0 Å². The normalized spacial score (nSPS) is 22.4. The van der Waals surface area contributed by atoms with Crippen molar-refractivity contribution in [2.45, 2.75) is 64.5 Å². The second-order valence-electron chi connectivity index (χ2n) is 5.55. The standard InChI is InChI=1S/C15H30N2/c1-6-13(3)12-14(16-5)15(4,7-2)17-10-8-9-11-17/h14,16H,3,6-12H2,1-2,4-5H3. The van der Waals surface area contributed by atoms with E-state index in [0.717, 1.165) is 12.8 Å². The fourth-order valence-electron chi connectivity index (χ4n) is 2.98. The zero-order valence-corrected chi connectivity index (χ0v) is 12.2. The van der Waals surface area contributed by atoms with Gasteiger partial charge in [0.1, 0.15) is 0 Å². The molecule has 1 rings (SSSR count). The molecule has 1 heterocycles. The molecule has 1 aliphatic rings. The van der Waals surface area contributed by atoms with E-state index in [9.17, 15) is 0 Å². The lowest BCUT2D eigenvalue weighted by molar-refractivity contribution is 0.0871. The summed E-state index contributed by atoms with van der Waals surface area (Å²) in [6.45, 7) is 13.6. The van der Waals surface area contributed by atoms with E-state index in [2.05, 4.69) is 44.6 Å². The molecular weight excluding hydrogens is 208 g/mol. The van der Waals surface area contributed by atoms with Crippen LogP contribution in [0.5, 0.6) is 0 Å². The number of hydrogen-bond acceptors (Lipinski definition) is 2. The zero-order chi connectivity index (χ0) is 12.9. The van der Waals surface area contributed by atoms with Gasteiger partial charge < -0.3 is 5.32 Å². The van der Waals surface area contributed by atoms with Crippen LogP contribution in [-0.4, -0.2) is 36.6 Å². The van der Waals surface area contributed by atoms with Gasteiger partial charge in [0.2, 0.25) is 0 Å². The Morgan fingerprint density at radius 3 is 2.35 bits per heavy atom. The molecular formula is C15H30N2. The first-order chi connectivity index (χ1) is 8.08. The van der Waals surface area contributed by atoms with E-state index in [1.54, 1.807) is 0 Å². The Morgan fingerprint density at radius 2 is 1.94 bits per heavy atom. The van der Waals surface area contributed by atoms with Crippen LogP contribution in [0, 0.1) is 0 Å². The molecule has 2 atom stereocenters. The van der Waals surface area contributed by atoms with Crippen molar-refractivity contribution in [2.75, 3.05) is 20.1 Å². The average molecular weight is 238 g/mol. The van der Waals surface area contributed by atoms with Crippen LogP contribution in [0.3, 0.4) is 0 Å². The smallest absolute Gasteiger partial charge is 0.0334 e. The third kappa shape index (κ3) is 3.32. The molecule has 17 heavy (non-hydrogen) atoms. The Hall–Kier alpha value is -0.340. The van der Waals surface area contributed by atoms with E-state index >= 15 is 0 Å². The first kappa shape index (κ1) is 14.7. The Bertz CT molecular complexity index is 243. The summed E-state index contributed by atoms with van der Waals surface area (Å²) in [6, 6.07) is 0.526. The summed E-state index contributed by atoms with van der Waals surface area (Å²) in [4.78, 5) is 2.68. The fraction of sp³-hybridized carbons (Fsp3) is 0.867. The van der Waals surface area contributed by atoms with E-state index in [1.807, 2.05) is 0 Å². The molecule has 0 radical (unpaired) electrons. The van der Waals surface area contributed by atoms with Crippen LogP contribution < -0.4 is 5.32 Å². The van der Waals surface area contributed by atoms with Crippen LogP contribution in [0.25, 0.3) is 0 Å². The third-order valence-electron chi connectivity index (χ3n) is 4.64. The molecule has 0 aliphatic carbocycles. The molecule has 0 aromatic rings. The van der Waals surface area contributed by atoms with Crippen LogP contribution in [0.4, 0.5) is 0 Å². The maximum atomic E-state index is 4.18. The van der Waals surface area contributed by atoms with Gasteiger partial charge in [-0.15, -0.1) is 0 Å². The predicted octanol–water partition coefficient (Wildman–Crippen LogP) is 3.20. The van der Waals surface area contributed by atoms with Crippen LogP contribution in [0.15, 0.2) is 12.2 Å². The maximum Gasteiger partial charge on any atom is 0.0334 e. The Morgan fingerprint density at radius 1 is 1.35 bits per heavy atom. The summed E-state index contributed by atoms with van der Waals surface area (Å²) in [6.07, 6.45) is 6.13. The SMILES string of the molecule is C=C(CC)CC(NC)C(C)(CC)N1CCCC1. The van der Waals surface area contributed by atoms with E-state index in [4.69, 9.17) is 0 Å². The Balaban J connectivity index is 2.76. The molecule has 100 valence electrons. The summed E-state index contributed by atoms with van der Waals surface area (Å²) in [5.41, 5.74) is 1.65. The molecule has 0 aromatic heterocycles. The molecule has 2 nitrogen and oxygen atoms in total. The van der Waals surface area contributed by atoms with Crippen LogP contribution >= 0.6 is 0 Å². The largest absolute Gasteiger partial charge is 0.315 e. The van der Waals surface area contributed by atoms with E-state index in [1.165, 1.54) is 37.9 Å². The van der Waals surface area contributed by atoms with Crippen molar-refractivity contribution in [3.63, 3.8) is 0 Å². The van der Waals surface area contributed by atoms with Gasteiger partial charge in [-0.2, -0.15) is 0 Å². The number of hydrogen-bond donors (Lipinski definition) is 1. The molecule has 1 saturated heterocycles. The maximum absolute atomic E-state index is 4.18. The summed E-state index contributed by atoms with van der Waals surface area (Å²) >= 11 is 0. The Labute approximate surface area is 107 Å². The highest BCUT2D eigenvalue weighted by molar-refractivity contribution is 5.05. The first-order valence-corrected chi connectivity index (χ1v) is 7.17. The van der Waals surface area contributed by atoms with E-state index < -0.39 is 0 Å². The summed E-state index contributed by atoms with van der Waals surface area (Å²) in [7, 11) is 2.09. The Kier molecular flexibility index (Phi) is 5.68. The quantitative estimate of drug-likeness (QED) is 0.685.